The molecule has 2 rings (SSSR count). The molecule has 0 radical (unpaired) electrons. The highest BCUT2D eigenvalue weighted by molar-refractivity contribution is 6.36. The van der Waals surface area contributed by atoms with Crippen LogP contribution < -0.4 is 11.1 Å². The van der Waals surface area contributed by atoms with E-state index in [2.05, 4.69) is 10.4 Å². The van der Waals surface area contributed by atoms with Gasteiger partial charge in [0.05, 0.1) is 22.1 Å². The molecule has 0 unspecified atom stereocenters. The van der Waals surface area contributed by atoms with Gasteiger partial charge in [0.25, 0.3) is 5.91 Å². The summed E-state index contributed by atoms with van der Waals surface area (Å²) in [5.41, 5.74) is 8.62. The van der Waals surface area contributed by atoms with Crippen LogP contribution in [0.15, 0.2) is 12.1 Å². The van der Waals surface area contributed by atoms with E-state index in [0.29, 0.717) is 39.2 Å². The van der Waals surface area contributed by atoms with Gasteiger partial charge >= 0.3 is 0 Å². The van der Waals surface area contributed by atoms with Gasteiger partial charge in [-0.05, 0) is 31.0 Å². The number of nitrogens with one attached hydrogen (secondary N) is 1. The summed E-state index contributed by atoms with van der Waals surface area (Å²) < 4.78 is 1.47. The van der Waals surface area contributed by atoms with E-state index in [1.807, 2.05) is 13.8 Å². The Bertz CT molecular complexity index is 709. The van der Waals surface area contributed by atoms with Crippen LogP contribution in [0.3, 0.4) is 0 Å². The summed E-state index contributed by atoms with van der Waals surface area (Å²) >= 11 is 12.2. The van der Waals surface area contributed by atoms with Crippen molar-refractivity contribution in [3.63, 3.8) is 0 Å². The first-order valence-electron chi connectivity index (χ1n) is 6.43. The van der Waals surface area contributed by atoms with Crippen LogP contribution in [-0.2, 0) is 13.5 Å². The molecule has 1 heterocycles. The van der Waals surface area contributed by atoms with Crippen LogP contribution in [0.2, 0.25) is 10.0 Å². The molecule has 0 saturated heterocycles. The minimum Gasteiger partial charge on any atom is -0.395 e. The molecule has 112 valence electrons. The molecule has 0 atom stereocenters. The average molecular weight is 327 g/mol. The molecule has 5 nitrogen and oxygen atoms in total. The second kappa shape index (κ2) is 5.95. The van der Waals surface area contributed by atoms with Crippen molar-refractivity contribution < 1.29 is 4.79 Å². The molecule has 2 aromatic rings. The van der Waals surface area contributed by atoms with Gasteiger partial charge in [0.15, 0.2) is 0 Å². The molecule has 1 aromatic carbocycles. The Balaban J connectivity index is 2.35. The maximum atomic E-state index is 12.4. The van der Waals surface area contributed by atoms with Crippen LogP contribution in [0.4, 0.5) is 11.4 Å². The molecule has 0 spiro atoms. The summed E-state index contributed by atoms with van der Waals surface area (Å²) in [6.07, 6.45) is 0.657. The number of nitrogen functional groups attached to an aromatic ring is 1. The summed E-state index contributed by atoms with van der Waals surface area (Å²) in [5.74, 6) is -0.371. The van der Waals surface area contributed by atoms with Crippen LogP contribution in [-0.4, -0.2) is 15.7 Å². The van der Waals surface area contributed by atoms with Crippen LogP contribution in [0.1, 0.15) is 28.7 Å². The molecule has 3 N–H and O–H groups in total. The lowest BCUT2D eigenvalue weighted by molar-refractivity contribution is 0.101. The van der Waals surface area contributed by atoms with E-state index in [0.717, 1.165) is 5.56 Å². The van der Waals surface area contributed by atoms with Crippen molar-refractivity contribution in [1.29, 1.82) is 0 Å². The van der Waals surface area contributed by atoms with Crippen molar-refractivity contribution >= 4 is 40.5 Å². The number of nitrogens with zero attached hydrogens (tertiary/aromatic N) is 2. The van der Waals surface area contributed by atoms with Crippen LogP contribution >= 0.6 is 23.2 Å². The molecule has 0 aliphatic carbocycles. The van der Waals surface area contributed by atoms with Crippen molar-refractivity contribution in [1.82, 2.24) is 9.78 Å². The van der Waals surface area contributed by atoms with E-state index in [9.17, 15) is 4.79 Å². The van der Waals surface area contributed by atoms with Gasteiger partial charge in [0, 0.05) is 12.1 Å². The molecule has 0 aliphatic heterocycles. The van der Waals surface area contributed by atoms with Gasteiger partial charge in [0.1, 0.15) is 5.69 Å². The molecular weight excluding hydrogens is 311 g/mol. The number of aryl methyl sites for hydroxylation is 3. The summed E-state index contributed by atoms with van der Waals surface area (Å²) in [4.78, 5) is 12.4. The van der Waals surface area contributed by atoms with E-state index in [-0.39, 0.29) is 5.91 Å². The van der Waals surface area contributed by atoms with Gasteiger partial charge in [-0.3, -0.25) is 9.48 Å². The van der Waals surface area contributed by atoms with Crippen molar-refractivity contribution in [2.45, 2.75) is 20.3 Å². The highest BCUT2D eigenvalue weighted by atomic mass is 35.5. The number of carbonyl (C=O) groups excluding carboxylic acids is 1. The molecule has 7 heteroatoms. The number of nitrogens with two attached hydrogens (primary N) is 1. The monoisotopic (exact) mass is 326 g/mol. The smallest absolute Gasteiger partial charge is 0.276 e. The highest BCUT2D eigenvalue weighted by Gasteiger charge is 2.20. The standard InChI is InChI=1S/C14H16Cl2N4O/c1-4-10-12(17)13(20(3)19-10)14(21)18-11-6-8(15)7(2)5-9(11)16/h5-6H,4,17H2,1-3H3,(H,18,21). The predicted octanol–water partition coefficient (Wildman–Crippen LogP) is 3.43. The Labute approximate surface area is 133 Å². The molecule has 0 fully saturated rings. The summed E-state index contributed by atoms with van der Waals surface area (Å²) in [6.45, 7) is 3.77. The Kier molecular flexibility index (Phi) is 4.44. The van der Waals surface area contributed by atoms with E-state index in [1.54, 1.807) is 19.2 Å². The van der Waals surface area contributed by atoms with E-state index >= 15 is 0 Å². The summed E-state index contributed by atoms with van der Waals surface area (Å²) in [6, 6.07) is 3.31. The van der Waals surface area contributed by atoms with Crippen molar-refractivity contribution in [3.05, 3.63) is 39.1 Å². The zero-order valence-corrected chi connectivity index (χ0v) is 13.5. The normalized spacial score (nSPS) is 10.7. The second-order valence-corrected chi connectivity index (χ2v) is 5.54. The Morgan fingerprint density at radius 1 is 1.38 bits per heavy atom. The SMILES string of the molecule is CCc1nn(C)c(C(=O)Nc2cc(Cl)c(C)cc2Cl)c1N. The van der Waals surface area contributed by atoms with Crippen LogP contribution in [0.5, 0.6) is 0 Å². The molecule has 0 bridgehead atoms. The lowest BCUT2D eigenvalue weighted by atomic mass is 10.2. The van der Waals surface area contributed by atoms with E-state index in [1.165, 1.54) is 4.68 Å². The molecule has 1 aromatic heterocycles. The number of aromatic nitrogens is 2. The maximum absolute atomic E-state index is 12.4. The number of hydrogen-bond donors (Lipinski definition) is 2. The maximum Gasteiger partial charge on any atom is 0.276 e. The first-order valence-corrected chi connectivity index (χ1v) is 7.19. The number of benzene rings is 1. The zero-order valence-electron chi connectivity index (χ0n) is 12.0. The predicted molar refractivity (Wildman–Crippen MR) is 86.2 cm³/mol. The molecule has 21 heavy (non-hydrogen) atoms. The zero-order chi connectivity index (χ0) is 15.7. The molecule has 0 saturated carbocycles. The third-order valence-electron chi connectivity index (χ3n) is 3.21. The minimum absolute atomic E-state index is 0.305. The van der Waals surface area contributed by atoms with Gasteiger partial charge in [-0.25, -0.2) is 0 Å². The van der Waals surface area contributed by atoms with Gasteiger partial charge in [-0.1, -0.05) is 30.1 Å². The molecular formula is C14H16Cl2N4O. The first kappa shape index (κ1) is 15.7. The number of anilines is 2. The van der Waals surface area contributed by atoms with Crippen molar-refractivity contribution in [2.75, 3.05) is 11.1 Å². The Morgan fingerprint density at radius 3 is 2.62 bits per heavy atom. The topological polar surface area (TPSA) is 72.9 Å². The number of carbonyl (C=O) groups is 1. The Hall–Kier alpha value is -1.72. The second-order valence-electron chi connectivity index (χ2n) is 4.72. The van der Waals surface area contributed by atoms with Crippen molar-refractivity contribution in [2.24, 2.45) is 7.05 Å². The largest absolute Gasteiger partial charge is 0.395 e. The summed E-state index contributed by atoms with van der Waals surface area (Å²) in [5, 5.41) is 7.88. The Morgan fingerprint density at radius 2 is 2.05 bits per heavy atom. The third kappa shape index (κ3) is 2.99. The first-order chi connectivity index (χ1) is 9.85. The fourth-order valence-electron chi connectivity index (χ4n) is 2.05. The minimum atomic E-state index is -0.371. The third-order valence-corrected chi connectivity index (χ3v) is 3.93. The number of rotatable bonds is 3. The number of hydrogen-bond acceptors (Lipinski definition) is 3. The fraction of sp³-hybridized carbons (Fsp3) is 0.286. The fourth-order valence-corrected chi connectivity index (χ4v) is 2.48. The van der Waals surface area contributed by atoms with Gasteiger partial charge < -0.3 is 11.1 Å². The molecule has 1 amide bonds. The van der Waals surface area contributed by atoms with Gasteiger partial charge in [-0.2, -0.15) is 5.10 Å². The quantitative estimate of drug-likeness (QED) is 0.907. The van der Waals surface area contributed by atoms with Gasteiger partial charge in [-0.15, -0.1) is 0 Å². The van der Waals surface area contributed by atoms with Crippen LogP contribution in [0, 0.1) is 6.92 Å². The van der Waals surface area contributed by atoms with Crippen LogP contribution in [0.25, 0.3) is 0 Å². The van der Waals surface area contributed by atoms with Crippen molar-refractivity contribution in [3.8, 4) is 0 Å². The molecule has 0 aliphatic rings. The lowest BCUT2D eigenvalue weighted by Crippen LogP contribution is -2.18. The number of amides is 1. The van der Waals surface area contributed by atoms with E-state index < -0.39 is 0 Å². The summed E-state index contributed by atoms with van der Waals surface area (Å²) in [7, 11) is 1.67. The van der Waals surface area contributed by atoms with E-state index in [4.69, 9.17) is 28.9 Å². The lowest BCUT2D eigenvalue weighted by Gasteiger charge is -2.10. The average Bonchev–Trinajstić information content (AvgIpc) is 2.70. The van der Waals surface area contributed by atoms with Gasteiger partial charge in [0.2, 0.25) is 0 Å². The highest BCUT2D eigenvalue weighted by Crippen LogP contribution is 2.29. The number of halogens is 2.